The fourth-order valence-electron chi connectivity index (χ4n) is 0.629. The van der Waals surface area contributed by atoms with Crippen LogP contribution in [0.25, 0.3) is 0 Å². The fraction of sp³-hybridized carbons (Fsp3) is 0.143. The number of hydrogen-bond acceptors (Lipinski definition) is 2. The van der Waals surface area contributed by atoms with Crippen LogP contribution in [0.1, 0.15) is 0 Å². The maximum atomic E-state index is 4.90. The monoisotopic (exact) mass is 245 g/mol. The van der Waals surface area contributed by atoms with Gasteiger partial charge in [-0.05, 0) is 40.3 Å². The first kappa shape index (κ1) is 9.41. The first-order valence-corrected chi connectivity index (χ1v) is 4.53. The second-order valence-corrected chi connectivity index (χ2v) is 3.39. The average Bonchev–Trinajstić information content (AvgIpc) is 2.09. The third-order valence-corrected chi connectivity index (χ3v) is 1.97. The molecule has 1 aromatic rings. The number of nitrogens with one attached hydrogen (secondary N) is 2. The fourth-order valence-corrected chi connectivity index (χ4v) is 0.968. The molecule has 0 amide bonds. The number of aromatic nitrogens is 1. The van der Waals surface area contributed by atoms with Crippen molar-refractivity contribution < 1.29 is 0 Å². The predicted octanol–water partition coefficient (Wildman–Crippen LogP) is 1.76. The van der Waals surface area contributed by atoms with Crippen LogP contribution in [0.3, 0.4) is 0 Å². The Morgan fingerprint density at radius 3 is 2.83 bits per heavy atom. The molecule has 0 unspecified atom stereocenters. The second kappa shape index (κ2) is 4.37. The van der Waals surface area contributed by atoms with Gasteiger partial charge < -0.3 is 10.6 Å². The Morgan fingerprint density at radius 1 is 1.58 bits per heavy atom. The van der Waals surface area contributed by atoms with Crippen molar-refractivity contribution in [3.8, 4) is 0 Å². The zero-order chi connectivity index (χ0) is 8.97. The van der Waals surface area contributed by atoms with Crippen LogP contribution in [0.4, 0.5) is 5.82 Å². The van der Waals surface area contributed by atoms with Crippen LogP contribution in [-0.4, -0.2) is 17.1 Å². The van der Waals surface area contributed by atoms with Crippen LogP contribution in [-0.2, 0) is 0 Å². The van der Waals surface area contributed by atoms with E-state index in [-0.39, 0.29) is 0 Å². The molecule has 3 nitrogen and oxygen atoms in total. The zero-order valence-corrected chi connectivity index (χ0v) is 8.87. The average molecular weight is 246 g/mol. The van der Waals surface area contributed by atoms with Gasteiger partial charge in [0.1, 0.15) is 5.82 Å². The Balaban J connectivity index is 2.64. The standard InChI is InChI=1S/C7H8BrN3S/c1-9-7(12)11-6-3-2-5(8)4-10-6/h2-4H,1H3,(H2,9,10,11,12). The van der Waals surface area contributed by atoms with Crippen molar-refractivity contribution >= 4 is 39.1 Å². The van der Waals surface area contributed by atoms with Crippen LogP contribution < -0.4 is 10.6 Å². The van der Waals surface area contributed by atoms with Gasteiger partial charge in [0.05, 0.1) is 0 Å². The summed E-state index contributed by atoms with van der Waals surface area (Å²) in [5.74, 6) is 0.734. The molecule has 1 rings (SSSR count). The Kier molecular flexibility index (Phi) is 3.43. The van der Waals surface area contributed by atoms with Gasteiger partial charge in [0.2, 0.25) is 0 Å². The van der Waals surface area contributed by atoms with Gasteiger partial charge in [-0.3, -0.25) is 0 Å². The van der Waals surface area contributed by atoms with Crippen molar-refractivity contribution in [1.29, 1.82) is 0 Å². The van der Waals surface area contributed by atoms with Crippen molar-refractivity contribution in [2.75, 3.05) is 12.4 Å². The van der Waals surface area contributed by atoms with Gasteiger partial charge in [0.15, 0.2) is 5.11 Å². The van der Waals surface area contributed by atoms with E-state index in [1.165, 1.54) is 0 Å². The molecular formula is C7H8BrN3S. The first-order valence-electron chi connectivity index (χ1n) is 3.32. The Labute approximate surface area is 84.7 Å². The molecule has 0 saturated heterocycles. The Hall–Kier alpha value is -0.680. The minimum atomic E-state index is 0.560. The summed E-state index contributed by atoms with van der Waals surface area (Å²) < 4.78 is 0.948. The van der Waals surface area contributed by atoms with Crippen LogP contribution in [0.2, 0.25) is 0 Å². The molecule has 5 heteroatoms. The van der Waals surface area contributed by atoms with E-state index in [2.05, 4.69) is 31.5 Å². The summed E-state index contributed by atoms with van der Waals surface area (Å²) in [6.45, 7) is 0. The molecular weight excluding hydrogens is 238 g/mol. The van der Waals surface area contributed by atoms with Gasteiger partial charge in [-0.1, -0.05) is 0 Å². The van der Waals surface area contributed by atoms with E-state index in [0.717, 1.165) is 10.3 Å². The van der Waals surface area contributed by atoms with E-state index in [1.807, 2.05) is 12.1 Å². The molecule has 0 aliphatic rings. The number of halogens is 1. The lowest BCUT2D eigenvalue weighted by Gasteiger charge is -2.04. The van der Waals surface area contributed by atoms with Crippen LogP contribution in [0, 0.1) is 0 Å². The van der Waals surface area contributed by atoms with Crippen LogP contribution >= 0.6 is 28.1 Å². The van der Waals surface area contributed by atoms with E-state index in [4.69, 9.17) is 12.2 Å². The van der Waals surface area contributed by atoms with Crippen molar-refractivity contribution in [2.45, 2.75) is 0 Å². The molecule has 0 aromatic carbocycles. The normalized spacial score (nSPS) is 9.17. The summed E-state index contributed by atoms with van der Waals surface area (Å²) in [6, 6.07) is 3.74. The third-order valence-electron chi connectivity index (χ3n) is 1.20. The van der Waals surface area contributed by atoms with Crippen molar-refractivity contribution in [1.82, 2.24) is 10.3 Å². The lowest BCUT2D eigenvalue weighted by Crippen LogP contribution is -2.24. The molecule has 0 fully saturated rings. The number of nitrogens with zero attached hydrogens (tertiary/aromatic N) is 1. The predicted molar refractivity (Wildman–Crippen MR) is 57.2 cm³/mol. The van der Waals surface area contributed by atoms with Gasteiger partial charge in [0.25, 0.3) is 0 Å². The summed E-state index contributed by atoms with van der Waals surface area (Å²) in [5, 5.41) is 6.26. The Bertz CT molecular complexity index is 272. The molecule has 0 aliphatic heterocycles. The molecule has 0 atom stereocenters. The quantitative estimate of drug-likeness (QED) is 0.740. The van der Waals surface area contributed by atoms with Gasteiger partial charge in [-0.2, -0.15) is 0 Å². The molecule has 0 aliphatic carbocycles. The maximum Gasteiger partial charge on any atom is 0.171 e. The molecule has 64 valence electrons. The van der Waals surface area contributed by atoms with Crippen molar-refractivity contribution in [2.24, 2.45) is 0 Å². The second-order valence-electron chi connectivity index (χ2n) is 2.07. The number of anilines is 1. The van der Waals surface area contributed by atoms with Gasteiger partial charge in [0, 0.05) is 17.7 Å². The summed E-state index contributed by atoms with van der Waals surface area (Å²) >= 11 is 8.19. The van der Waals surface area contributed by atoms with E-state index < -0.39 is 0 Å². The van der Waals surface area contributed by atoms with Crippen LogP contribution in [0.15, 0.2) is 22.8 Å². The van der Waals surface area contributed by atoms with Crippen molar-refractivity contribution in [3.63, 3.8) is 0 Å². The number of pyridine rings is 1. The number of rotatable bonds is 1. The zero-order valence-electron chi connectivity index (χ0n) is 6.47. The Morgan fingerprint density at radius 2 is 2.33 bits per heavy atom. The molecule has 1 heterocycles. The first-order chi connectivity index (χ1) is 5.72. The van der Waals surface area contributed by atoms with E-state index in [0.29, 0.717) is 5.11 Å². The van der Waals surface area contributed by atoms with Gasteiger partial charge in [-0.15, -0.1) is 0 Å². The highest BCUT2D eigenvalue weighted by molar-refractivity contribution is 9.10. The van der Waals surface area contributed by atoms with Gasteiger partial charge in [-0.25, -0.2) is 4.98 Å². The number of thiocarbonyl (C=S) groups is 1. The summed E-state index contributed by atoms with van der Waals surface area (Å²) in [4.78, 5) is 4.08. The van der Waals surface area contributed by atoms with E-state index >= 15 is 0 Å². The molecule has 0 radical (unpaired) electrons. The molecule has 0 saturated carbocycles. The minimum absolute atomic E-state index is 0.560. The molecule has 2 N–H and O–H groups in total. The molecule has 0 bridgehead atoms. The highest BCUT2D eigenvalue weighted by Gasteiger charge is 1.94. The van der Waals surface area contributed by atoms with E-state index in [1.54, 1.807) is 13.2 Å². The largest absolute Gasteiger partial charge is 0.365 e. The van der Waals surface area contributed by atoms with E-state index in [9.17, 15) is 0 Å². The van der Waals surface area contributed by atoms with Gasteiger partial charge >= 0.3 is 0 Å². The molecule has 12 heavy (non-hydrogen) atoms. The maximum absolute atomic E-state index is 4.90. The highest BCUT2D eigenvalue weighted by atomic mass is 79.9. The molecule has 0 spiro atoms. The number of hydrogen-bond donors (Lipinski definition) is 2. The smallest absolute Gasteiger partial charge is 0.171 e. The molecule has 1 aromatic heterocycles. The SMILES string of the molecule is CNC(=S)Nc1ccc(Br)cn1. The summed E-state index contributed by atoms with van der Waals surface area (Å²) in [5.41, 5.74) is 0. The van der Waals surface area contributed by atoms with Crippen LogP contribution in [0.5, 0.6) is 0 Å². The lowest BCUT2D eigenvalue weighted by atomic mass is 10.5. The summed E-state index contributed by atoms with van der Waals surface area (Å²) in [7, 11) is 1.76. The third kappa shape index (κ3) is 2.75. The highest BCUT2D eigenvalue weighted by Crippen LogP contribution is 2.09. The summed E-state index contributed by atoms with van der Waals surface area (Å²) in [6.07, 6.45) is 1.71. The minimum Gasteiger partial charge on any atom is -0.365 e. The van der Waals surface area contributed by atoms with Crippen molar-refractivity contribution in [3.05, 3.63) is 22.8 Å². The topological polar surface area (TPSA) is 37.0 Å². The lowest BCUT2D eigenvalue weighted by molar-refractivity contribution is 1.18.